The van der Waals surface area contributed by atoms with Gasteiger partial charge < -0.3 is 10.5 Å². The lowest BCUT2D eigenvalue weighted by Crippen LogP contribution is -2.22. The standard InChI is InChI=1S/C14H22N2O3/c1-10(2)6-12(15)5-4-11-7-13(16(17)18)9-14(8-11)19-3/h7-10,12H,4-6,15H2,1-3H3. The second kappa shape index (κ2) is 7.09. The quantitative estimate of drug-likeness (QED) is 0.608. The van der Waals surface area contributed by atoms with Crippen LogP contribution in [0.3, 0.4) is 0 Å². The molecule has 5 heteroatoms. The van der Waals surface area contributed by atoms with Gasteiger partial charge in [0.15, 0.2) is 0 Å². The van der Waals surface area contributed by atoms with Crippen molar-refractivity contribution in [3.05, 3.63) is 33.9 Å². The Morgan fingerprint density at radius 3 is 2.58 bits per heavy atom. The minimum Gasteiger partial charge on any atom is -0.496 e. The highest BCUT2D eigenvalue weighted by atomic mass is 16.6. The third kappa shape index (κ3) is 5.26. The van der Waals surface area contributed by atoms with Gasteiger partial charge in [0.2, 0.25) is 0 Å². The normalized spacial score (nSPS) is 12.5. The summed E-state index contributed by atoms with van der Waals surface area (Å²) < 4.78 is 5.08. The molecular weight excluding hydrogens is 244 g/mol. The molecule has 0 saturated heterocycles. The summed E-state index contributed by atoms with van der Waals surface area (Å²) in [5.74, 6) is 1.08. The minimum atomic E-state index is -0.403. The maximum atomic E-state index is 10.8. The third-order valence-corrected chi connectivity index (χ3v) is 2.98. The highest BCUT2D eigenvalue weighted by Gasteiger charge is 2.12. The van der Waals surface area contributed by atoms with Crippen molar-refractivity contribution in [2.24, 2.45) is 11.7 Å². The average molecular weight is 266 g/mol. The topological polar surface area (TPSA) is 78.4 Å². The molecule has 106 valence electrons. The number of hydrogen-bond acceptors (Lipinski definition) is 4. The monoisotopic (exact) mass is 266 g/mol. The number of nitrogens with zero attached hydrogens (tertiary/aromatic N) is 1. The van der Waals surface area contributed by atoms with Gasteiger partial charge in [-0.3, -0.25) is 10.1 Å². The first-order chi connectivity index (χ1) is 8.92. The van der Waals surface area contributed by atoms with Gasteiger partial charge in [0.25, 0.3) is 5.69 Å². The third-order valence-electron chi connectivity index (χ3n) is 2.98. The van der Waals surface area contributed by atoms with E-state index in [9.17, 15) is 10.1 Å². The second-order valence-corrected chi connectivity index (χ2v) is 5.22. The molecule has 0 aliphatic carbocycles. The van der Waals surface area contributed by atoms with Gasteiger partial charge in [-0.2, -0.15) is 0 Å². The van der Waals surface area contributed by atoms with Gasteiger partial charge in [-0.05, 0) is 36.8 Å². The Kier molecular flexibility index (Phi) is 5.76. The van der Waals surface area contributed by atoms with Crippen LogP contribution in [0.2, 0.25) is 0 Å². The van der Waals surface area contributed by atoms with E-state index in [2.05, 4.69) is 13.8 Å². The van der Waals surface area contributed by atoms with E-state index in [4.69, 9.17) is 10.5 Å². The fraction of sp³-hybridized carbons (Fsp3) is 0.571. The second-order valence-electron chi connectivity index (χ2n) is 5.22. The van der Waals surface area contributed by atoms with E-state index in [0.29, 0.717) is 11.7 Å². The minimum absolute atomic E-state index is 0.0618. The molecule has 0 amide bonds. The van der Waals surface area contributed by atoms with Crippen molar-refractivity contribution in [2.75, 3.05) is 7.11 Å². The van der Waals surface area contributed by atoms with Crippen molar-refractivity contribution in [2.45, 2.75) is 39.2 Å². The number of nitro groups is 1. The van der Waals surface area contributed by atoms with E-state index in [1.165, 1.54) is 13.2 Å². The van der Waals surface area contributed by atoms with Crippen LogP contribution < -0.4 is 10.5 Å². The largest absolute Gasteiger partial charge is 0.496 e. The summed E-state index contributed by atoms with van der Waals surface area (Å²) in [6.45, 7) is 4.27. The summed E-state index contributed by atoms with van der Waals surface area (Å²) in [5.41, 5.74) is 6.98. The van der Waals surface area contributed by atoms with Crippen LogP contribution in [0.25, 0.3) is 0 Å². The Morgan fingerprint density at radius 1 is 1.37 bits per heavy atom. The Hall–Kier alpha value is -1.62. The van der Waals surface area contributed by atoms with E-state index in [-0.39, 0.29) is 11.7 Å². The lowest BCUT2D eigenvalue weighted by molar-refractivity contribution is -0.385. The maximum absolute atomic E-state index is 10.8. The number of ether oxygens (including phenoxy) is 1. The number of methoxy groups -OCH3 is 1. The molecule has 0 saturated carbocycles. The van der Waals surface area contributed by atoms with Crippen LogP contribution in [-0.4, -0.2) is 18.1 Å². The molecule has 0 bridgehead atoms. The van der Waals surface area contributed by atoms with Crippen molar-refractivity contribution in [1.29, 1.82) is 0 Å². The number of hydrogen-bond donors (Lipinski definition) is 1. The molecule has 1 rings (SSSR count). The predicted molar refractivity (Wildman–Crippen MR) is 75.4 cm³/mol. The van der Waals surface area contributed by atoms with Crippen LogP contribution in [0.5, 0.6) is 5.75 Å². The number of nitrogens with two attached hydrogens (primary N) is 1. The number of rotatable bonds is 7. The van der Waals surface area contributed by atoms with Crippen LogP contribution in [0.1, 0.15) is 32.3 Å². The van der Waals surface area contributed by atoms with Crippen molar-refractivity contribution in [3.63, 3.8) is 0 Å². The summed E-state index contributed by atoms with van der Waals surface area (Å²) >= 11 is 0. The first-order valence-electron chi connectivity index (χ1n) is 6.50. The summed E-state index contributed by atoms with van der Waals surface area (Å²) in [4.78, 5) is 10.4. The number of aryl methyl sites for hydroxylation is 1. The fourth-order valence-corrected chi connectivity index (χ4v) is 2.09. The van der Waals surface area contributed by atoms with Crippen LogP contribution >= 0.6 is 0 Å². The Morgan fingerprint density at radius 2 is 2.05 bits per heavy atom. The Balaban J connectivity index is 2.72. The van der Waals surface area contributed by atoms with Gasteiger partial charge in [-0.1, -0.05) is 13.8 Å². The van der Waals surface area contributed by atoms with Gasteiger partial charge in [-0.25, -0.2) is 0 Å². The summed E-state index contributed by atoms with van der Waals surface area (Å²) in [7, 11) is 1.51. The summed E-state index contributed by atoms with van der Waals surface area (Å²) in [6, 6.07) is 4.97. The van der Waals surface area contributed by atoms with Gasteiger partial charge >= 0.3 is 0 Å². The molecule has 19 heavy (non-hydrogen) atoms. The Labute approximate surface area is 113 Å². The molecule has 5 nitrogen and oxygen atoms in total. The molecule has 0 heterocycles. The lowest BCUT2D eigenvalue weighted by Gasteiger charge is -2.14. The lowest BCUT2D eigenvalue weighted by atomic mass is 9.98. The molecule has 0 aliphatic heterocycles. The highest BCUT2D eigenvalue weighted by molar-refractivity contribution is 5.42. The van der Waals surface area contributed by atoms with E-state index in [1.807, 2.05) is 6.07 Å². The van der Waals surface area contributed by atoms with Crippen molar-refractivity contribution in [3.8, 4) is 5.75 Å². The SMILES string of the molecule is COc1cc(CCC(N)CC(C)C)cc([N+](=O)[O-])c1. The van der Waals surface area contributed by atoms with Gasteiger partial charge in [0.1, 0.15) is 5.75 Å². The van der Waals surface area contributed by atoms with Crippen LogP contribution in [-0.2, 0) is 6.42 Å². The highest BCUT2D eigenvalue weighted by Crippen LogP contribution is 2.23. The van der Waals surface area contributed by atoms with Crippen molar-refractivity contribution >= 4 is 5.69 Å². The fourth-order valence-electron chi connectivity index (χ4n) is 2.09. The van der Waals surface area contributed by atoms with Crippen LogP contribution in [0.4, 0.5) is 5.69 Å². The van der Waals surface area contributed by atoms with Crippen molar-refractivity contribution < 1.29 is 9.66 Å². The molecule has 1 unspecified atom stereocenters. The predicted octanol–water partition coefficient (Wildman–Crippen LogP) is 2.91. The maximum Gasteiger partial charge on any atom is 0.273 e. The molecule has 1 aromatic carbocycles. The molecular formula is C14H22N2O3. The zero-order valence-electron chi connectivity index (χ0n) is 11.8. The van der Waals surface area contributed by atoms with Crippen molar-refractivity contribution in [1.82, 2.24) is 0 Å². The zero-order valence-corrected chi connectivity index (χ0v) is 11.8. The van der Waals surface area contributed by atoms with E-state index >= 15 is 0 Å². The van der Waals surface area contributed by atoms with Gasteiger partial charge in [0, 0.05) is 12.1 Å². The molecule has 0 aliphatic rings. The summed E-state index contributed by atoms with van der Waals surface area (Å²) in [5, 5.41) is 10.8. The Bertz CT molecular complexity index is 433. The van der Waals surface area contributed by atoms with E-state index in [0.717, 1.165) is 24.8 Å². The smallest absolute Gasteiger partial charge is 0.273 e. The molecule has 0 spiro atoms. The molecule has 1 aromatic rings. The van der Waals surface area contributed by atoms with Gasteiger partial charge in [-0.15, -0.1) is 0 Å². The number of non-ortho nitro benzene ring substituents is 1. The molecule has 1 atom stereocenters. The zero-order chi connectivity index (χ0) is 14.4. The van der Waals surface area contributed by atoms with Crippen LogP contribution in [0.15, 0.2) is 18.2 Å². The molecule has 0 radical (unpaired) electrons. The first-order valence-corrected chi connectivity index (χ1v) is 6.50. The number of nitro benzene ring substituents is 1. The van der Waals surface area contributed by atoms with Crippen LogP contribution in [0, 0.1) is 16.0 Å². The van der Waals surface area contributed by atoms with E-state index < -0.39 is 4.92 Å². The molecule has 2 N–H and O–H groups in total. The molecule has 0 fully saturated rings. The summed E-state index contributed by atoms with van der Waals surface area (Å²) in [6.07, 6.45) is 2.51. The molecule has 0 aromatic heterocycles. The van der Waals surface area contributed by atoms with E-state index in [1.54, 1.807) is 6.07 Å². The first kappa shape index (κ1) is 15.4. The number of benzene rings is 1. The van der Waals surface area contributed by atoms with Gasteiger partial charge in [0.05, 0.1) is 18.1 Å². The average Bonchev–Trinajstić information content (AvgIpc) is 2.35.